The first-order chi connectivity index (χ1) is 12.4. The molecule has 0 atom stereocenters. The topological polar surface area (TPSA) is 78.1 Å². The Morgan fingerprint density at radius 1 is 1.15 bits per heavy atom. The molecule has 0 fully saturated rings. The Morgan fingerprint density at radius 2 is 1.85 bits per heavy atom. The number of aryl methyl sites for hydroxylation is 1. The van der Waals surface area contributed by atoms with E-state index in [1.165, 1.54) is 16.9 Å². The van der Waals surface area contributed by atoms with E-state index < -0.39 is 5.97 Å². The molecule has 2 aromatic heterocycles. The van der Waals surface area contributed by atoms with Crippen LogP contribution in [0.3, 0.4) is 0 Å². The van der Waals surface area contributed by atoms with Crippen LogP contribution in [-0.4, -0.2) is 15.9 Å². The van der Waals surface area contributed by atoms with Crippen molar-refractivity contribution in [1.29, 1.82) is 0 Å². The third-order valence-electron chi connectivity index (χ3n) is 3.47. The lowest BCUT2D eigenvalue weighted by Crippen LogP contribution is -2.10. The van der Waals surface area contributed by atoms with Crippen molar-refractivity contribution in [2.75, 3.05) is 5.73 Å². The average molecular weight is 429 g/mol. The first-order valence-corrected chi connectivity index (χ1v) is 9.36. The van der Waals surface area contributed by atoms with Crippen LogP contribution in [0.2, 0.25) is 15.2 Å². The maximum Gasteiger partial charge on any atom is 0.359 e. The molecule has 0 amide bonds. The van der Waals surface area contributed by atoms with Gasteiger partial charge in [-0.05, 0) is 6.92 Å². The van der Waals surface area contributed by atoms with E-state index in [1.807, 2.05) is 36.6 Å². The van der Waals surface area contributed by atoms with Crippen LogP contribution < -0.4 is 5.73 Å². The number of nitrogens with two attached hydrogens (primary N) is 1. The number of carbonyl (C=O) groups excluding carboxylic acids is 1. The number of pyridine rings is 1. The number of anilines is 1. The van der Waals surface area contributed by atoms with Gasteiger partial charge in [0.2, 0.25) is 0 Å². The molecule has 0 unspecified atom stereocenters. The highest BCUT2D eigenvalue weighted by atomic mass is 35.5. The first-order valence-electron chi connectivity index (χ1n) is 7.35. The zero-order valence-electron chi connectivity index (χ0n) is 13.4. The monoisotopic (exact) mass is 427 g/mol. The number of benzene rings is 1. The molecular formula is C17H12Cl3N3O2S. The summed E-state index contributed by atoms with van der Waals surface area (Å²) in [6.45, 7) is 1.99. The molecule has 2 heterocycles. The van der Waals surface area contributed by atoms with Crippen molar-refractivity contribution in [2.24, 2.45) is 0 Å². The van der Waals surface area contributed by atoms with E-state index in [2.05, 4.69) is 9.97 Å². The molecule has 0 aliphatic rings. The maximum absolute atomic E-state index is 12.2. The summed E-state index contributed by atoms with van der Waals surface area (Å²) in [6.07, 6.45) is 0. The second-order valence-electron chi connectivity index (χ2n) is 5.38. The van der Waals surface area contributed by atoms with Crippen LogP contribution in [0.1, 0.15) is 21.7 Å². The number of thiazole rings is 1. The summed E-state index contributed by atoms with van der Waals surface area (Å²) in [5, 5.41) is 2.45. The Hall–Kier alpha value is -1.86. The third-order valence-corrected chi connectivity index (χ3v) is 5.54. The molecule has 134 valence electrons. The summed E-state index contributed by atoms with van der Waals surface area (Å²) in [7, 11) is 0. The standard InChI is InChI=1S/C17H12Cl3N3O2S/c1-8-2-4-9(5-3-8)16-22-10(7-26-16)6-25-17(24)14-11(18)13(21)12(19)15(20)23-14/h2-5,7H,6H2,1H3,(H2,21,23). The van der Waals surface area contributed by atoms with Gasteiger partial charge in [-0.3, -0.25) is 0 Å². The molecule has 2 N–H and O–H groups in total. The van der Waals surface area contributed by atoms with E-state index in [-0.39, 0.29) is 33.2 Å². The molecule has 0 bridgehead atoms. The Kier molecular flexibility index (Phi) is 5.67. The fourth-order valence-corrected chi connectivity index (χ4v) is 3.47. The predicted octanol–water partition coefficient (Wildman–Crippen LogP) is 5.41. The van der Waals surface area contributed by atoms with E-state index in [1.54, 1.807) is 0 Å². The van der Waals surface area contributed by atoms with Crippen molar-refractivity contribution >= 4 is 57.8 Å². The highest BCUT2D eigenvalue weighted by Gasteiger charge is 2.21. The lowest BCUT2D eigenvalue weighted by atomic mass is 10.2. The second kappa shape index (κ2) is 7.80. The number of halogens is 3. The molecule has 0 aliphatic carbocycles. The molecule has 26 heavy (non-hydrogen) atoms. The Balaban J connectivity index is 1.72. The minimum atomic E-state index is -0.759. The van der Waals surface area contributed by atoms with Crippen LogP contribution in [0, 0.1) is 6.92 Å². The van der Waals surface area contributed by atoms with Crippen molar-refractivity contribution in [3.8, 4) is 10.6 Å². The van der Waals surface area contributed by atoms with Crippen LogP contribution in [0.5, 0.6) is 0 Å². The summed E-state index contributed by atoms with van der Waals surface area (Å²) in [4.78, 5) is 20.5. The Labute approximate surface area is 168 Å². The normalized spacial score (nSPS) is 10.8. The van der Waals surface area contributed by atoms with Crippen molar-refractivity contribution < 1.29 is 9.53 Å². The summed E-state index contributed by atoms with van der Waals surface area (Å²) in [6, 6.07) is 8.01. The molecule has 0 aliphatic heterocycles. The molecular weight excluding hydrogens is 417 g/mol. The van der Waals surface area contributed by atoms with Gasteiger partial charge < -0.3 is 10.5 Å². The number of ether oxygens (including phenoxy) is 1. The molecule has 0 radical (unpaired) electrons. The number of nitrogens with zero attached hydrogens (tertiary/aromatic N) is 2. The summed E-state index contributed by atoms with van der Waals surface area (Å²) in [5.74, 6) is -0.759. The van der Waals surface area contributed by atoms with Crippen molar-refractivity contribution in [3.05, 3.63) is 61.8 Å². The third kappa shape index (κ3) is 3.94. The Bertz CT molecular complexity index is 974. The van der Waals surface area contributed by atoms with E-state index in [9.17, 15) is 4.79 Å². The predicted molar refractivity (Wildman–Crippen MR) is 105 cm³/mol. The van der Waals surface area contributed by atoms with E-state index in [4.69, 9.17) is 45.3 Å². The van der Waals surface area contributed by atoms with E-state index in [0.29, 0.717) is 5.69 Å². The fourth-order valence-electron chi connectivity index (χ4n) is 2.08. The minimum absolute atomic E-state index is 0.00421. The number of rotatable bonds is 4. The maximum atomic E-state index is 12.2. The van der Waals surface area contributed by atoms with Crippen molar-refractivity contribution in [2.45, 2.75) is 13.5 Å². The molecule has 3 rings (SSSR count). The highest BCUT2D eigenvalue weighted by Crippen LogP contribution is 2.34. The second-order valence-corrected chi connectivity index (χ2v) is 7.35. The smallest absolute Gasteiger partial charge is 0.359 e. The number of hydrogen-bond donors (Lipinski definition) is 1. The fraction of sp³-hybridized carbons (Fsp3) is 0.118. The number of nitrogen functional groups attached to an aromatic ring is 1. The largest absolute Gasteiger partial charge is 0.454 e. The van der Waals surface area contributed by atoms with Gasteiger partial charge in [0.1, 0.15) is 16.6 Å². The lowest BCUT2D eigenvalue weighted by molar-refractivity contribution is 0.0462. The lowest BCUT2D eigenvalue weighted by Gasteiger charge is -2.08. The van der Waals surface area contributed by atoms with Crippen molar-refractivity contribution in [3.63, 3.8) is 0 Å². The van der Waals surface area contributed by atoms with E-state index in [0.717, 1.165) is 10.6 Å². The quantitative estimate of drug-likeness (QED) is 0.444. The van der Waals surface area contributed by atoms with Crippen molar-refractivity contribution in [1.82, 2.24) is 9.97 Å². The highest BCUT2D eigenvalue weighted by molar-refractivity contribution is 7.13. The van der Waals surface area contributed by atoms with Gasteiger partial charge in [-0.25, -0.2) is 14.8 Å². The number of aromatic nitrogens is 2. The van der Waals surface area contributed by atoms with Crippen LogP contribution in [-0.2, 0) is 11.3 Å². The van der Waals surface area contributed by atoms with Crippen LogP contribution >= 0.6 is 46.1 Å². The number of carbonyl (C=O) groups is 1. The van der Waals surface area contributed by atoms with Gasteiger partial charge in [0.25, 0.3) is 0 Å². The zero-order chi connectivity index (χ0) is 18.8. The van der Waals surface area contributed by atoms with Crippen LogP contribution in [0.4, 0.5) is 5.69 Å². The van der Waals surface area contributed by atoms with Gasteiger partial charge in [0.05, 0.1) is 16.4 Å². The summed E-state index contributed by atoms with van der Waals surface area (Å²) < 4.78 is 5.21. The number of hydrogen-bond acceptors (Lipinski definition) is 6. The van der Waals surface area contributed by atoms with Crippen LogP contribution in [0.15, 0.2) is 29.6 Å². The van der Waals surface area contributed by atoms with Gasteiger partial charge in [-0.1, -0.05) is 64.6 Å². The van der Waals surface area contributed by atoms with E-state index >= 15 is 0 Å². The van der Waals surface area contributed by atoms with Crippen LogP contribution in [0.25, 0.3) is 10.6 Å². The molecule has 0 spiro atoms. The molecule has 0 saturated heterocycles. The summed E-state index contributed by atoms with van der Waals surface area (Å²) in [5.41, 5.74) is 8.28. The SMILES string of the molecule is Cc1ccc(-c2nc(COC(=O)c3nc(Cl)c(Cl)c(N)c3Cl)cs2)cc1. The minimum Gasteiger partial charge on any atom is -0.454 e. The zero-order valence-corrected chi connectivity index (χ0v) is 16.5. The average Bonchev–Trinajstić information content (AvgIpc) is 3.10. The Morgan fingerprint density at radius 3 is 2.54 bits per heavy atom. The van der Waals surface area contributed by atoms with Gasteiger partial charge in [-0.15, -0.1) is 11.3 Å². The van der Waals surface area contributed by atoms with Gasteiger partial charge in [0.15, 0.2) is 10.8 Å². The van der Waals surface area contributed by atoms with Gasteiger partial charge in [0, 0.05) is 10.9 Å². The summed E-state index contributed by atoms with van der Waals surface area (Å²) >= 11 is 19.1. The molecule has 9 heteroatoms. The molecule has 1 aromatic carbocycles. The number of esters is 1. The molecule has 3 aromatic rings. The molecule has 0 saturated carbocycles. The van der Waals surface area contributed by atoms with Gasteiger partial charge in [-0.2, -0.15) is 0 Å². The molecule has 5 nitrogen and oxygen atoms in total. The first kappa shape index (κ1) is 18.9. The van der Waals surface area contributed by atoms with Gasteiger partial charge >= 0.3 is 5.97 Å².